The predicted octanol–water partition coefficient (Wildman–Crippen LogP) is 3.47. The first-order valence-electron chi connectivity index (χ1n) is 6.33. The summed E-state index contributed by atoms with van der Waals surface area (Å²) in [6, 6.07) is 1.82. The highest BCUT2D eigenvalue weighted by molar-refractivity contribution is 5.93. The average molecular weight is 279 g/mol. The number of amides is 1. The van der Waals surface area contributed by atoms with Crippen LogP contribution in [0.1, 0.15) is 42.3 Å². The maximum Gasteiger partial charge on any atom is 0.412 e. The van der Waals surface area contributed by atoms with Crippen molar-refractivity contribution >= 4 is 18.1 Å². The van der Waals surface area contributed by atoms with E-state index in [0.717, 1.165) is 11.1 Å². The monoisotopic (exact) mass is 279 g/mol. The van der Waals surface area contributed by atoms with Gasteiger partial charge in [0.1, 0.15) is 5.60 Å². The number of carbonyl (C=O) groups excluding carboxylic acids is 2. The highest BCUT2D eigenvalue weighted by atomic mass is 16.6. The molecule has 1 amide bonds. The Bertz CT molecular complexity index is 530. The van der Waals surface area contributed by atoms with Crippen molar-refractivity contribution in [3.05, 3.63) is 22.8 Å². The average Bonchev–Trinajstić information content (AvgIpc) is 2.29. The first-order chi connectivity index (χ1) is 9.19. The minimum atomic E-state index is -0.594. The largest absolute Gasteiger partial charge is 0.494 e. The van der Waals surface area contributed by atoms with Crippen LogP contribution in [0.25, 0.3) is 0 Å². The van der Waals surface area contributed by atoms with E-state index in [1.165, 1.54) is 7.11 Å². The van der Waals surface area contributed by atoms with Gasteiger partial charge in [0.15, 0.2) is 12.0 Å². The molecule has 1 N–H and O–H groups in total. The van der Waals surface area contributed by atoms with Crippen LogP contribution in [0.4, 0.5) is 10.5 Å². The third-order valence-electron chi connectivity index (χ3n) is 2.67. The molecule has 5 nitrogen and oxygen atoms in total. The Hall–Kier alpha value is -2.04. The highest BCUT2D eigenvalue weighted by Crippen LogP contribution is 2.34. The lowest BCUT2D eigenvalue weighted by molar-refractivity contribution is 0.0635. The van der Waals surface area contributed by atoms with Gasteiger partial charge >= 0.3 is 6.09 Å². The number of benzene rings is 1. The van der Waals surface area contributed by atoms with Crippen LogP contribution in [0.5, 0.6) is 5.75 Å². The van der Waals surface area contributed by atoms with Crippen LogP contribution in [0, 0.1) is 13.8 Å². The molecule has 0 heterocycles. The van der Waals surface area contributed by atoms with E-state index in [1.54, 1.807) is 20.8 Å². The number of anilines is 1. The van der Waals surface area contributed by atoms with Gasteiger partial charge in [-0.2, -0.15) is 0 Å². The molecule has 5 heteroatoms. The van der Waals surface area contributed by atoms with E-state index < -0.39 is 11.7 Å². The summed E-state index contributed by atoms with van der Waals surface area (Å²) in [5, 5.41) is 2.64. The number of hydrogen-bond acceptors (Lipinski definition) is 4. The van der Waals surface area contributed by atoms with Gasteiger partial charge in [-0.3, -0.25) is 10.1 Å². The molecule has 0 unspecified atom stereocenters. The molecule has 1 aromatic carbocycles. The Morgan fingerprint density at radius 2 is 1.85 bits per heavy atom. The molecular formula is C15H21NO4. The predicted molar refractivity (Wildman–Crippen MR) is 77.7 cm³/mol. The molecule has 0 aliphatic rings. The van der Waals surface area contributed by atoms with Gasteiger partial charge in [0, 0.05) is 0 Å². The number of rotatable bonds is 3. The summed E-state index contributed by atoms with van der Waals surface area (Å²) in [5.41, 5.74) is 1.88. The lowest BCUT2D eigenvalue weighted by atomic mass is 10.0. The fourth-order valence-corrected chi connectivity index (χ4v) is 1.89. The van der Waals surface area contributed by atoms with E-state index in [9.17, 15) is 9.59 Å². The van der Waals surface area contributed by atoms with Gasteiger partial charge in [0.2, 0.25) is 0 Å². The fraction of sp³-hybridized carbons (Fsp3) is 0.467. The summed E-state index contributed by atoms with van der Waals surface area (Å²) in [7, 11) is 1.46. The molecule has 0 aliphatic heterocycles. The second-order valence-corrected chi connectivity index (χ2v) is 5.58. The number of methoxy groups -OCH3 is 1. The lowest BCUT2D eigenvalue weighted by Gasteiger charge is -2.21. The minimum absolute atomic E-state index is 0.350. The van der Waals surface area contributed by atoms with E-state index >= 15 is 0 Å². The Kier molecular flexibility index (Phi) is 4.76. The summed E-state index contributed by atoms with van der Waals surface area (Å²) in [5.74, 6) is 0.350. The molecule has 0 saturated heterocycles. The number of carbonyl (C=O) groups is 2. The molecule has 1 aromatic rings. The molecule has 0 atom stereocenters. The van der Waals surface area contributed by atoms with Crippen LogP contribution in [0.3, 0.4) is 0 Å². The molecule has 0 saturated carbocycles. The molecule has 0 radical (unpaired) electrons. The van der Waals surface area contributed by atoms with E-state index in [0.29, 0.717) is 23.3 Å². The van der Waals surface area contributed by atoms with E-state index in [1.807, 2.05) is 19.9 Å². The smallest absolute Gasteiger partial charge is 0.412 e. The van der Waals surface area contributed by atoms with Crippen LogP contribution in [0.15, 0.2) is 6.07 Å². The number of aryl methyl sites for hydroxylation is 2. The highest BCUT2D eigenvalue weighted by Gasteiger charge is 2.20. The molecule has 20 heavy (non-hydrogen) atoms. The Morgan fingerprint density at radius 1 is 1.25 bits per heavy atom. The van der Waals surface area contributed by atoms with Crippen molar-refractivity contribution in [2.75, 3.05) is 12.4 Å². The van der Waals surface area contributed by atoms with Crippen LogP contribution in [-0.2, 0) is 4.74 Å². The second kappa shape index (κ2) is 5.94. The van der Waals surface area contributed by atoms with Gasteiger partial charge in [-0.1, -0.05) is 6.07 Å². The second-order valence-electron chi connectivity index (χ2n) is 5.58. The van der Waals surface area contributed by atoms with Gasteiger partial charge in [0.05, 0.1) is 18.4 Å². The molecule has 110 valence electrons. The van der Waals surface area contributed by atoms with Crippen LogP contribution < -0.4 is 10.1 Å². The van der Waals surface area contributed by atoms with Crippen LogP contribution in [-0.4, -0.2) is 25.1 Å². The third kappa shape index (κ3) is 3.73. The summed E-state index contributed by atoms with van der Waals surface area (Å²) in [4.78, 5) is 23.0. The quantitative estimate of drug-likeness (QED) is 0.860. The maximum atomic E-state index is 11.9. The SMILES string of the molecule is COc1c(C=O)c(C)cc(C)c1NC(=O)OC(C)(C)C. The summed E-state index contributed by atoms with van der Waals surface area (Å²) >= 11 is 0. The third-order valence-corrected chi connectivity index (χ3v) is 2.67. The van der Waals surface area contributed by atoms with Crippen molar-refractivity contribution in [1.82, 2.24) is 0 Å². The first kappa shape index (κ1) is 16.0. The molecular weight excluding hydrogens is 258 g/mol. The van der Waals surface area contributed by atoms with Crippen molar-refractivity contribution in [3.63, 3.8) is 0 Å². The van der Waals surface area contributed by atoms with E-state index in [-0.39, 0.29) is 0 Å². The molecule has 0 fully saturated rings. The van der Waals surface area contributed by atoms with E-state index in [2.05, 4.69) is 5.32 Å². The van der Waals surface area contributed by atoms with Crippen molar-refractivity contribution in [2.24, 2.45) is 0 Å². The zero-order valence-electron chi connectivity index (χ0n) is 12.8. The van der Waals surface area contributed by atoms with Crippen LogP contribution >= 0.6 is 0 Å². The normalized spacial score (nSPS) is 10.9. The summed E-state index contributed by atoms with van der Waals surface area (Å²) < 4.78 is 10.5. The molecule has 0 bridgehead atoms. The van der Waals surface area contributed by atoms with Gasteiger partial charge < -0.3 is 9.47 Å². The molecule has 0 spiro atoms. The van der Waals surface area contributed by atoms with E-state index in [4.69, 9.17) is 9.47 Å². The fourth-order valence-electron chi connectivity index (χ4n) is 1.89. The zero-order chi connectivity index (χ0) is 15.5. The Balaban J connectivity index is 3.18. The van der Waals surface area contributed by atoms with Gasteiger partial charge in [0.25, 0.3) is 0 Å². The molecule has 0 aliphatic carbocycles. The number of hydrogen-bond donors (Lipinski definition) is 1. The standard InChI is InChI=1S/C15H21NO4/c1-9-7-10(2)12(13(19-6)11(9)8-17)16-14(18)20-15(3,4)5/h7-8H,1-6H3,(H,16,18). The van der Waals surface area contributed by atoms with Gasteiger partial charge in [-0.05, 0) is 45.7 Å². The zero-order valence-corrected chi connectivity index (χ0v) is 12.8. The van der Waals surface area contributed by atoms with Crippen molar-refractivity contribution in [3.8, 4) is 5.75 Å². The number of ether oxygens (including phenoxy) is 2. The number of nitrogens with one attached hydrogen (secondary N) is 1. The van der Waals surface area contributed by atoms with Crippen LogP contribution in [0.2, 0.25) is 0 Å². The Morgan fingerprint density at radius 3 is 2.30 bits per heavy atom. The van der Waals surface area contributed by atoms with Gasteiger partial charge in [-0.15, -0.1) is 0 Å². The summed E-state index contributed by atoms with van der Waals surface area (Å²) in [6.07, 6.45) is 0.132. The Labute approximate surface area is 119 Å². The first-order valence-corrected chi connectivity index (χ1v) is 6.33. The van der Waals surface area contributed by atoms with Crippen molar-refractivity contribution < 1.29 is 19.1 Å². The molecule has 1 rings (SSSR count). The minimum Gasteiger partial charge on any atom is -0.494 e. The molecule has 0 aromatic heterocycles. The lowest BCUT2D eigenvalue weighted by Crippen LogP contribution is -2.27. The van der Waals surface area contributed by atoms with Crippen molar-refractivity contribution in [2.45, 2.75) is 40.2 Å². The number of aldehydes is 1. The summed E-state index contributed by atoms with van der Waals surface area (Å²) in [6.45, 7) is 8.99. The van der Waals surface area contributed by atoms with Crippen molar-refractivity contribution in [1.29, 1.82) is 0 Å². The van der Waals surface area contributed by atoms with Gasteiger partial charge in [-0.25, -0.2) is 4.79 Å². The maximum absolute atomic E-state index is 11.9. The topological polar surface area (TPSA) is 64.6 Å².